The number of aryl methyl sites for hydroxylation is 1. The van der Waals surface area contributed by atoms with Crippen LogP contribution in [0.5, 0.6) is 11.5 Å². The van der Waals surface area contributed by atoms with Crippen LogP contribution < -0.4 is 9.47 Å². The predicted octanol–water partition coefficient (Wildman–Crippen LogP) is 1.56. The maximum absolute atomic E-state index is 5.82. The fraction of sp³-hybridized carbons (Fsp3) is 0.538. The fourth-order valence-corrected chi connectivity index (χ4v) is 2.53. The summed E-state index contributed by atoms with van der Waals surface area (Å²) in [5.41, 5.74) is 3.75. The van der Waals surface area contributed by atoms with Crippen molar-refractivity contribution in [2.75, 3.05) is 27.6 Å². The van der Waals surface area contributed by atoms with E-state index < -0.39 is 0 Å². The molecule has 4 heteroatoms. The second-order valence-corrected chi connectivity index (χ2v) is 5.05. The van der Waals surface area contributed by atoms with Crippen LogP contribution in [-0.2, 0) is 13.1 Å². The van der Waals surface area contributed by atoms with Gasteiger partial charge in [0.25, 0.3) is 0 Å². The Morgan fingerprint density at radius 2 is 1.65 bits per heavy atom. The monoisotopic (exact) mass is 234 g/mol. The highest BCUT2D eigenvalue weighted by Gasteiger charge is 2.26. The van der Waals surface area contributed by atoms with Crippen LogP contribution in [0.1, 0.15) is 16.7 Å². The van der Waals surface area contributed by atoms with Gasteiger partial charge in [0.05, 0.1) is 0 Å². The van der Waals surface area contributed by atoms with Gasteiger partial charge in [0.1, 0.15) is 25.0 Å². The minimum Gasteiger partial charge on any atom is -0.478 e. The third-order valence-electron chi connectivity index (χ3n) is 3.37. The lowest BCUT2D eigenvalue weighted by molar-refractivity contribution is 0.103. The first kappa shape index (κ1) is 10.9. The first-order chi connectivity index (χ1) is 8.15. The minimum absolute atomic E-state index is 0.669. The Balaban J connectivity index is 2.13. The molecule has 1 aromatic rings. The van der Waals surface area contributed by atoms with Gasteiger partial charge in [-0.2, -0.15) is 0 Å². The molecule has 0 amide bonds. The summed E-state index contributed by atoms with van der Waals surface area (Å²) in [6, 6.07) is 2.10. The molecule has 3 rings (SSSR count). The Kier molecular flexibility index (Phi) is 2.49. The van der Waals surface area contributed by atoms with Gasteiger partial charge in [-0.1, -0.05) is 0 Å². The minimum atomic E-state index is 0.669. The van der Waals surface area contributed by atoms with Crippen molar-refractivity contribution in [2.24, 2.45) is 0 Å². The number of hydrogen-bond acceptors (Lipinski definition) is 4. The van der Waals surface area contributed by atoms with Crippen LogP contribution in [0.3, 0.4) is 0 Å². The second-order valence-electron chi connectivity index (χ2n) is 5.05. The third-order valence-corrected chi connectivity index (χ3v) is 3.37. The van der Waals surface area contributed by atoms with Gasteiger partial charge in [-0.05, 0) is 32.6 Å². The van der Waals surface area contributed by atoms with Crippen molar-refractivity contribution in [1.29, 1.82) is 0 Å². The quantitative estimate of drug-likeness (QED) is 0.680. The van der Waals surface area contributed by atoms with Crippen LogP contribution in [0.15, 0.2) is 6.07 Å². The molecule has 4 nitrogen and oxygen atoms in total. The average molecular weight is 234 g/mol. The van der Waals surface area contributed by atoms with Crippen LogP contribution in [0.25, 0.3) is 0 Å². The van der Waals surface area contributed by atoms with Crippen molar-refractivity contribution in [3.05, 3.63) is 22.8 Å². The summed E-state index contributed by atoms with van der Waals surface area (Å²) < 4.78 is 11.6. The van der Waals surface area contributed by atoms with Gasteiger partial charge < -0.3 is 9.47 Å². The Morgan fingerprint density at radius 3 is 2.41 bits per heavy atom. The van der Waals surface area contributed by atoms with Crippen molar-refractivity contribution in [3.8, 4) is 11.5 Å². The van der Waals surface area contributed by atoms with Gasteiger partial charge in [-0.25, -0.2) is 0 Å². The average Bonchev–Trinajstić information content (AvgIpc) is 2.30. The Labute approximate surface area is 102 Å². The van der Waals surface area contributed by atoms with E-state index in [0.717, 1.165) is 24.6 Å². The van der Waals surface area contributed by atoms with Gasteiger partial charge in [-0.3, -0.25) is 9.80 Å². The maximum Gasteiger partial charge on any atom is 0.142 e. The van der Waals surface area contributed by atoms with Gasteiger partial charge in [-0.15, -0.1) is 0 Å². The maximum atomic E-state index is 5.82. The SMILES string of the molecule is Cc1cc2c(c3c1OCN(C)C3)CN(C)CO2. The largest absolute Gasteiger partial charge is 0.478 e. The molecule has 92 valence electrons. The zero-order valence-corrected chi connectivity index (χ0v) is 10.6. The number of rotatable bonds is 0. The highest BCUT2D eigenvalue weighted by Crippen LogP contribution is 2.39. The highest BCUT2D eigenvalue weighted by molar-refractivity contribution is 5.54. The summed E-state index contributed by atoms with van der Waals surface area (Å²) in [6.45, 7) is 5.31. The van der Waals surface area contributed by atoms with E-state index in [0.29, 0.717) is 13.5 Å². The lowest BCUT2D eigenvalue weighted by atomic mass is 9.99. The molecule has 17 heavy (non-hydrogen) atoms. The van der Waals surface area contributed by atoms with Crippen LogP contribution in [0, 0.1) is 6.92 Å². The molecule has 0 fully saturated rings. The summed E-state index contributed by atoms with van der Waals surface area (Å²) in [7, 11) is 4.15. The highest BCUT2D eigenvalue weighted by atomic mass is 16.5. The molecule has 0 spiro atoms. The smallest absolute Gasteiger partial charge is 0.142 e. The molecule has 0 aliphatic carbocycles. The van der Waals surface area contributed by atoms with Gasteiger partial charge >= 0.3 is 0 Å². The molecule has 0 saturated carbocycles. The van der Waals surface area contributed by atoms with Crippen LogP contribution in [0.4, 0.5) is 0 Å². The summed E-state index contributed by atoms with van der Waals surface area (Å²) in [5.74, 6) is 2.08. The predicted molar refractivity (Wildman–Crippen MR) is 65.1 cm³/mol. The van der Waals surface area contributed by atoms with Gasteiger partial charge in [0.2, 0.25) is 0 Å². The lowest BCUT2D eigenvalue weighted by Gasteiger charge is -2.33. The fourth-order valence-electron chi connectivity index (χ4n) is 2.53. The van der Waals surface area contributed by atoms with Crippen molar-refractivity contribution in [3.63, 3.8) is 0 Å². The summed E-state index contributed by atoms with van der Waals surface area (Å²) >= 11 is 0. The summed E-state index contributed by atoms with van der Waals surface area (Å²) in [4.78, 5) is 4.35. The molecule has 0 atom stereocenters. The second kappa shape index (κ2) is 3.89. The van der Waals surface area contributed by atoms with Crippen molar-refractivity contribution < 1.29 is 9.47 Å². The van der Waals surface area contributed by atoms with Crippen molar-refractivity contribution in [1.82, 2.24) is 9.80 Å². The van der Waals surface area contributed by atoms with Crippen LogP contribution in [0.2, 0.25) is 0 Å². The molecule has 0 bridgehead atoms. The number of hydrogen-bond donors (Lipinski definition) is 0. The lowest BCUT2D eigenvalue weighted by Crippen LogP contribution is -2.33. The molecule has 2 heterocycles. The van der Waals surface area contributed by atoms with Crippen LogP contribution in [-0.4, -0.2) is 37.4 Å². The molecule has 0 unspecified atom stereocenters. The topological polar surface area (TPSA) is 24.9 Å². The van der Waals surface area contributed by atoms with E-state index in [2.05, 4.69) is 36.9 Å². The van der Waals surface area contributed by atoms with E-state index in [9.17, 15) is 0 Å². The normalized spacial score (nSPS) is 20.2. The summed E-state index contributed by atoms with van der Waals surface area (Å²) in [5, 5.41) is 0. The molecule has 2 aliphatic heterocycles. The molecular weight excluding hydrogens is 216 g/mol. The van der Waals surface area contributed by atoms with E-state index in [1.165, 1.54) is 16.7 Å². The molecule has 2 aliphatic rings. The van der Waals surface area contributed by atoms with Crippen molar-refractivity contribution in [2.45, 2.75) is 20.0 Å². The molecular formula is C13H18N2O2. The Bertz CT molecular complexity index is 459. The van der Waals surface area contributed by atoms with Gasteiger partial charge in [0.15, 0.2) is 0 Å². The number of benzene rings is 1. The van der Waals surface area contributed by atoms with E-state index >= 15 is 0 Å². The number of ether oxygens (including phenoxy) is 2. The third kappa shape index (κ3) is 1.77. The summed E-state index contributed by atoms with van der Waals surface area (Å²) in [6.07, 6.45) is 0. The number of fused-ring (bicyclic) bond motifs is 3. The van der Waals surface area contributed by atoms with Gasteiger partial charge in [0, 0.05) is 24.2 Å². The van der Waals surface area contributed by atoms with Crippen molar-refractivity contribution >= 4 is 0 Å². The van der Waals surface area contributed by atoms with E-state index in [1.807, 2.05) is 0 Å². The first-order valence-corrected chi connectivity index (χ1v) is 5.93. The molecule has 0 saturated heterocycles. The zero-order chi connectivity index (χ0) is 12.0. The Morgan fingerprint density at radius 1 is 1.00 bits per heavy atom. The molecule has 0 radical (unpaired) electrons. The first-order valence-electron chi connectivity index (χ1n) is 5.93. The van der Waals surface area contributed by atoms with E-state index in [-0.39, 0.29) is 0 Å². The van der Waals surface area contributed by atoms with Crippen LogP contribution >= 0.6 is 0 Å². The molecule has 0 aromatic heterocycles. The molecule has 0 N–H and O–H groups in total. The zero-order valence-electron chi connectivity index (χ0n) is 10.6. The Hall–Kier alpha value is -1.26. The molecule has 1 aromatic carbocycles. The standard InChI is InChI=1S/C13H18N2O2/c1-9-4-12-10(5-14(2)7-16-12)11-6-15(3)8-17-13(9)11/h4H,5-8H2,1-3H3. The number of nitrogens with zero attached hydrogens (tertiary/aromatic N) is 2. The van der Waals surface area contributed by atoms with E-state index in [4.69, 9.17) is 9.47 Å². The van der Waals surface area contributed by atoms with E-state index in [1.54, 1.807) is 0 Å².